The third-order valence-corrected chi connectivity index (χ3v) is 4.14. The van der Waals surface area contributed by atoms with Crippen molar-refractivity contribution in [3.63, 3.8) is 0 Å². The Hall–Kier alpha value is -3.06. The van der Waals surface area contributed by atoms with Crippen LogP contribution in [0.2, 0.25) is 0 Å². The normalized spacial score (nSPS) is 17.2. The summed E-state index contributed by atoms with van der Waals surface area (Å²) in [6, 6.07) is 12.9. The average Bonchev–Trinajstić information content (AvgIpc) is 2.89. The predicted octanol–water partition coefficient (Wildman–Crippen LogP) is 2.98. The molecule has 1 amide bonds. The second kappa shape index (κ2) is 6.59. The Morgan fingerprint density at radius 3 is 2.58 bits per heavy atom. The molecule has 120 valence electrons. The highest BCUT2D eigenvalue weighted by Gasteiger charge is 2.24. The molecule has 1 fully saturated rings. The van der Waals surface area contributed by atoms with E-state index < -0.39 is 5.97 Å². The number of benzene rings is 2. The van der Waals surface area contributed by atoms with Gasteiger partial charge in [0.1, 0.15) is 5.75 Å². The number of carboxylic acid groups (broad SMARTS) is 1. The Kier molecular flexibility index (Phi) is 4.35. The van der Waals surface area contributed by atoms with Crippen LogP contribution in [0.15, 0.2) is 58.4 Å². The minimum Gasteiger partial charge on any atom is -0.507 e. The first-order valence-corrected chi connectivity index (χ1v) is 7.76. The van der Waals surface area contributed by atoms with Crippen molar-refractivity contribution >= 4 is 40.6 Å². The largest absolute Gasteiger partial charge is 0.507 e. The lowest BCUT2D eigenvalue weighted by Gasteiger charge is -2.01. The molecular formula is C17H12N2O4S. The van der Waals surface area contributed by atoms with Crippen LogP contribution in [0.5, 0.6) is 5.75 Å². The zero-order valence-corrected chi connectivity index (χ0v) is 13.1. The van der Waals surface area contributed by atoms with Gasteiger partial charge in [0.25, 0.3) is 5.91 Å². The number of para-hydroxylation sites is 2. The number of carboxylic acids is 1. The molecule has 0 aliphatic carbocycles. The van der Waals surface area contributed by atoms with Gasteiger partial charge in [0, 0.05) is 5.56 Å². The Labute approximate surface area is 141 Å². The highest BCUT2D eigenvalue weighted by atomic mass is 32.2. The number of nitrogens with one attached hydrogen (secondary N) is 1. The molecule has 0 spiro atoms. The third kappa shape index (κ3) is 3.31. The van der Waals surface area contributed by atoms with Gasteiger partial charge in [0.05, 0.1) is 16.2 Å². The van der Waals surface area contributed by atoms with E-state index in [0.29, 0.717) is 10.5 Å². The second-order valence-electron chi connectivity index (χ2n) is 4.86. The fourth-order valence-corrected chi connectivity index (χ4v) is 2.92. The Bertz CT molecular complexity index is 890. The van der Waals surface area contributed by atoms with Crippen LogP contribution in [0.3, 0.4) is 0 Å². The van der Waals surface area contributed by atoms with Gasteiger partial charge >= 0.3 is 5.97 Å². The molecule has 1 heterocycles. The zero-order valence-electron chi connectivity index (χ0n) is 12.3. The molecule has 7 heteroatoms. The zero-order chi connectivity index (χ0) is 17.1. The van der Waals surface area contributed by atoms with Gasteiger partial charge in [-0.1, -0.05) is 30.3 Å². The van der Waals surface area contributed by atoms with Crippen LogP contribution >= 0.6 is 11.8 Å². The van der Waals surface area contributed by atoms with E-state index in [1.54, 1.807) is 42.5 Å². The molecule has 0 radical (unpaired) electrons. The van der Waals surface area contributed by atoms with Crippen LogP contribution in [-0.4, -0.2) is 27.3 Å². The van der Waals surface area contributed by atoms with Crippen LogP contribution in [0.25, 0.3) is 6.08 Å². The molecule has 3 rings (SSSR count). The van der Waals surface area contributed by atoms with E-state index in [0.717, 1.165) is 11.8 Å². The maximum Gasteiger partial charge on any atom is 0.337 e. The number of thioether (sulfide) groups is 1. The number of carbonyl (C=O) groups is 2. The van der Waals surface area contributed by atoms with Gasteiger partial charge in [-0.25, -0.2) is 9.79 Å². The van der Waals surface area contributed by atoms with E-state index in [1.165, 1.54) is 12.1 Å². The maximum atomic E-state index is 12.0. The van der Waals surface area contributed by atoms with Crippen molar-refractivity contribution in [2.75, 3.05) is 0 Å². The molecule has 3 N–H and O–H groups in total. The minimum absolute atomic E-state index is 0.0537. The molecule has 1 aliphatic heterocycles. The summed E-state index contributed by atoms with van der Waals surface area (Å²) in [7, 11) is 0. The number of aromatic hydroxyl groups is 1. The van der Waals surface area contributed by atoms with Gasteiger partial charge in [-0.05, 0) is 36.0 Å². The lowest BCUT2D eigenvalue weighted by Crippen LogP contribution is -2.19. The fraction of sp³-hybridized carbons (Fsp3) is 0. The molecule has 0 saturated carbocycles. The smallest absolute Gasteiger partial charge is 0.337 e. The number of phenolic OH excluding ortho intramolecular Hbond substituents is 1. The standard InChI is InChI=1S/C17H12N2O4S/c20-13-8-4-1-5-10(13)9-14-15(21)19-17(24-14)18-12-7-3-2-6-11(12)16(22)23/h1-9,20H,(H,22,23)(H,18,19,21)/b14-9-. The first-order chi connectivity index (χ1) is 11.5. The minimum atomic E-state index is -1.09. The van der Waals surface area contributed by atoms with Crippen LogP contribution in [0.4, 0.5) is 5.69 Å². The van der Waals surface area contributed by atoms with Crippen LogP contribution < -0.4 is 5.32 Å². The lowest BCUT2D eigenvalue weighted by molar-refractivity contribution is -0.115. The van der Waals surface area contributed by atoms with Crippen molar-refractivity contribution in [3.8, 4) is 5.75 Å². The predicted molar refractivity (Wildman–Crippen MR) is 92.3 cm³/mol. The highest BCUT2D eigenvalue weighted by molar-refractivity contribution is 8.18. The molecular weight excluding hydrogens is 328 g/mol. The molecule has 0 unspecified atom stereocenters. The number of rotatable bonds is 3. The van der Waals surface area contributed by atoms with E-state index in [4.69, 9.17) is 5.11 Å². The molecule has 0 atom stereocenters. The van der Waals surface area contributed by atoms with Gasteiger partial charge in [0.15, 0.2) is 5.17 Å². The molecule has 1 saturated heterocycles. The van der Waals surface area contributed by atoms with E-state index in [2.05, 4.69) is 10.3 Å². The Morgan fingerprint density at radius 2 is 1.83 bits per heavy atom. The van der Waals surface area contributed by atoms with Crippen molar-refractivity contribution in [1.82, 2.24) is 5.32 Å². The number of carbonyl (C=O) groups excluding carboxylic acids is 1. The number of amides is 1. The molecule has 24 heavy (non-hydrogen) atoms. The quantitative estimate of drug-likeness (QED) is 0.746. The summed E-state index contributed by atoms with van der Waals surface area (Å²) in [6.07, 6.45) is 1.56. The topological polar surface area (TPSA) is 99.0 Å². The van der Waals surface area contributed by atoms with Crippen molar-refractivity contribution in [3.05, 3.63) is 64.6 Å². The van der Waals surface area contributed by atoms with Crippen LogP contribution in [0, 0.1) is 0 Å². The van der Waals surface area contributed by atoms with Crippen molar-refractivity contribution in [1.29, 1.82) is 0 Å². The summed E-state index contributed by atoms with van der Waals surface area (Å²) >= 11 is 1.08. The number of aliphatic imine (C=N–C) groups is 1. The molecule has 1 aliphatic rings. The second-order valence-corrected chi connectivity index (χ2v) is 5.89. The molecule has 2 aromatic carbocycles. The van der Waals surface area contributed by atoms with E-state index in [9.17, 15) is 14.7 Å². The van der Waals surface area contributed by atoms with Crippen molar-refractivity contribution in [2.24, 2.45) is 4.99 Å². The summed E-state index contributed by atoms with van der Waals surface area (Å²) in [5.74, 6) is -1.37. The van der Waals surface area contributed by atoms with Gasteiger partial charge in [-0.15, -0.1) is 0 Å². The number of hydrogen-bond acceptors (Lipinski definition) is 5. The Morgan fingerprint density at radius 1 is 1.12 bits per heavy atom. The van der Waals surface area contributed by atoms with Crippen molar-refractivity contribution < 1.29 is 19.8 Å². The molecule has 2 aromatic rings. The summed E-state index contributed by atoms with van der Waals surface area (Å²) in [4.78, 5) is 27.8. The highest BCUT2D eigenvalue weighted by Crippen LogP contribution is 2.30. The monoisotopic (exact) mass is 340 g/mol. The third-order valence-electron chi connectivity index (χ3n) is 3.23. The summed E-state index contributed by atoms with van der Waals surface area (Å²) in [5, 5.41) is 21.8. The first kappa shape index (κ1) is 15.8. The number of nitrogens with zero attached hydrogens (tertiary/aromatic N) is 1. The van der Waals surface area contributed by atoms with Gasteiger partial charge < -0.3 is 15.5 Å². The fourth-order valence-electron chi connectivity index (χ4n) is 2.09. The summed E-state index contributed by atoms with van der Waals surface area (Å²) in [6.45, 7) is 0. The van der Waals surface area contributed by atoms with E-state index in [-0.39, 0.29) is 28.1 Å². The summed E-state index contributed by atoms with van der Waals surface area (Å²) < 4.78 is 0. The Balaban J connectivity index is 1.91. The number of phenols is 1. The first-order valence-electron chi connectivity index (χ1n) is 6.94. The van der Waals surface area contributed by atoms with Gasteiger partial charge in [-0.2, -0.15) is 0 Å². The van der Waals surface area contributed by atoms with Crippen molar-refractivity contribution in [2.45, 2.75) is 0 Å². The molecule has 0 aromatic heterocycles. The number of amidine groups is 1. The van der Waals surface area contributed by atoms with Gasteiger partial charge in [-0.3, -0.25) is 4.79 Å². The molecule has 6 nitrogen and oxygen atoms in total. The average molecular weight is 340 g/mol. The molecule has 0 bridgehead atoms. The number of hydrogen-bond donors (Lipinski definition) is 3. The summed E-state index contributed by atoms with van der Waals surface area (Å²) in [5.41, 5.74) is 0.830. The SMILES string of the molecule is O=C1NC(=Nc2ccccc2C(=O)O)S/C1=C\c1ccccc1O. The van der Waals surface area contributed by atoms with Crippen LogP contribution in [0.1, 0.15) is 15.9 Å². The van der Waals surface area contributed by atoms with Gasteiger partial charge in [0.2, 0.25) is 0 Å². The maximum absolute atomic E-state index is 12.0. The van der Waals surface area contributed by atoms with Crippen LogP contribution in [-0.2, 0) is 4.79 Å². The number of aromatic carboxylic acids is 1. The lowest BCUT2D eigenvalue weighted by atomic mass is 10.2. The van der Waals surface area contributed by atoms with E-state index in [1.807, 2.05) is 0 Å². The van der Waals surface area contributed by atoms with E-state index >= 15 is 0 Å².